The number of hydrogen-bond acceptors (Lipinski definition) is 3. The number of rotatable bonds is 9. The number of carbonyl (C=O) groups excluding carboxylic acids is 1. The van der Waals surface area contributed by atoms with Crippen LogP contribution in [-0.2, 0) is 9.53 Å². The molecule has 1 amide bonds. The molecule has 1 N–H and O–H groups in total. The molecule has 1 fully saturated rings. The van der Waals surface area contributed by atoms with Gasteiger partial charge in [0.15, 0.2) is 0 Å². The number of amides is 1. The number of hydrogen-bond donors (Lipinski definition) is 1. The Morgan fingerprint density at radius 3 is 2.76 bits per heavy atom. The number of halogens is 3. The molecule has 4 nitrogen and oxygen atoms in total. The maximum atomic E-state index is 12.5. The van der Waals surface area contributed by atoms with Crippen LogP contribution in [0.25, 0.3) is 0 Å². The van der Waals surface area contributed by atoms with Crippen LogP contribution in [0.1, 0.15) is 32.6 Å². The first-order chi connectivity index (χ1) is 9.92. The Balaban J connectivity index is 2.38. The molecule has 1 aliphatic rings. The van der Waals surface area contributed by atoms with Crippen molar-refractivity contribution in [2.45, 2.75) is 38.8 Å². The van der Waals surface area contributed by atoms with Crippen LogP contribution in [-0.4, -0.2) is 56.4 Å². The molecule has 0 bridgehead atoms. The lowest BCUT2D eigenvalue weighted by Crippen LogP contribution is -2.40. The molecule has 0 radical (unpaired) electrons. The minimum Gasteiger partial charge on any atom is -0.382 e. The fourth-order valence-electron chi connectivity index (χ4n) is 2.46. The molecule has 0 saturated carbocycles. The maximum absolute atomic E-state index is 12.5. The smallest absolute Gasteiger partial charge is 0.382 e. The van der Waals surface area contributed by atoms with Crippen molar-refractivity contribution in [3.05, 3.63) is 0 Å². The van der Waals surface area contributed by atoms with Crippen molar-refractivity contribution in [2.24, 2.45) is 5.92 Å². The van der Waals surface area contributed by atoms with E-state index in [0.29, 0.717) is 32.0 Å². The van der Waals surface area contributed by atoms with E-state index < -0.39 is 18.6 Å². The van der Waals surface area contributed by atoms with Crippen molar-refractivity contribution in [3.63, 3.8) is 0 Å². The summed E-state index contributed by atoms with van der Waals surface area (Å²) in [5.41, 5.74) is 0. The molecule has 1 aliphatic heterocycles. The summed E-state index contributed by atoms with van der Waals surface area (Å²) in [5.74, 6) is 0.000773. The maximum Gasteiger partial charge on any atom is 0.406 e. The molecule has 7 heteroatoms. The summed E-state index contributed by atoms with van der Waals surface area (Å²) in [6.45, 7) is 3.46. The number of ether oxygens (including phenoxy) is 1. The standard InChI is InChI=1S/C14H25F3N2O2/c1-2-21-9-3-8-19(11-14(15,16)17)13(20)5-4-12-6-7-18-10-12/h12,18H,2-11H2,1H3. The largest absolute Gasteiger partial charge is 0.406 e. The van der Waals surface area contributed by atoms with Crippen molar-refractivity contribution >= 4 is 5.91 Å². The van der Waals surface area contributed by atoms with E-state index in [-0.39, 0.29) is 13.0 Å². The molecule has 1 unspecified atom stereocenters. The Hall–Kier alpha value is -0.820. The summed E-state index contributed by atoms with van der Waals surface area (Å²) in [6.07, 6.45) is -2.07. The van der Waals surface area contributed by atoms with E-state index in [2.05, 4.69) is 5.32 Å². The third-order valence-corrected chi connectivity index (χ3v) is 3.57. The average Bonchev–Trinajstić information content (AvgIpc) is 2.91. The Morgan fingerprint density at radius 1 is 1.43 bits per heavy atom. The molecule has 1 saturated heterocycles. The second kappa shape index (κ2) is 9.25. The number of carbonyl (C=O) groups is 1. The zero-order valence-electron chi connectivity index (χ0n) is 12.5. The lowest BCUT2D eigenvalue weighted by Gasteiger charge is -2.24. The van der Waals surface area contributed by atoms with Crippen molar-refractivity contribution in [3.8, 4) is 0 Å². The third-order valence-electron chi connectivity index (χ3n) is 3.57. The highest BCUT2D eigenvalue weighted by atomic mass is 19.4. The average molecular weight is 310 g/mol. The van der Waals surface area contributed by atoms with Gasteiger partial charge in [-0.05, 0) is 45.2 Å². The van der Waals surface area contributed by atoms with Crippen LogP contribution in [0.15, 0.2) is 0 Å². The number of nitrogens with one attached hydrogen (secondary N) is 1. The van der Waals surface area contributed by atoms with Crippen molar-refractivity contribution in [2.75, 3.05) is 39.4 Å². The van der Waals surface area contributed by atoms with E-state index in [0.717, 1.165) is 24.4 Å². The van der Waals surface area contributed by atoms with Crippen molar-refractivity contribution < 1.29 is 22.7 Å². The second-order valence-corrected chi connectivity index (χ2v) is 5.38. The van der Waals surface area contributed by atoms with Crippen LogP contribution in [0.4, 0.5) is 13.2 Å². The molecular formula is C14H25F3N2O2. The fourth-order valence-corrected chi connectivity index (χ4v) is 2.46. The lowest BCUT2D eigenvalue weighted by molar-refractivity contribution is -0.161. The van der Waals surface area contributed by atoms with Crippen LogP contribution in [0.3, 0.4) is 0 Å². The molecule has 0 spiro atoms. The lowest BCUT2D eigenvalue weighted by atomic mass is 10.0. The predicted octanol–water partition coefficient (Wildman–Crippen LogP) is 2.19. The van der Waals surface area contributed by atoms with Gasteiger partial charge < -0.3 is 15.0 Å². The summed E-state index contributed by atoms with van der Waals surface area (Å²) in [5, 5.41) is 3.19. The van der Waals surface area contributed by atoms with Gasteiger partial charge in [0.25, 0.3) is 0 Å². The second-order valence-electron chi connectivity index (χ2n) is 5.38. The molecule has 0 aromatic rings. The molecule has 0 aliphatic carbocycles. The third kappa shape index (κ3) is 8.26. The molecule has 0 aromatic carbocycles. The van der Waals surface area contributed by atoms with Gasteiger partial charge in [-0.25, -0.2) is 0 Å². The number of alkyl halides is 3. The van der Waals surface area contributed by atoms with Crippen LogP contribution in [0.2, 0.25) is 0 Å². The molecule has 0 aromatic heterocycles. The Kier molecular flexibility index (Phi) is 8.03. The summed E-state index contributed by atoms with van der Waals surface area (Å²) < 4.78 is 42.7. The van der Waals surface area contributed by atoms with E-state index in [1.54, 1.807) is 0 Å². The van der Waals surface area contributed by atoms with Crippen LogP contribution in [0.5, 0.6) is 0 Å². The molecule has 124 valence electrons. The normalized spacial score (nSPS) is 19.0. The summed E-state index contributed by atoms with van der Waals surface area (Å²) >= 11 is 0. The van der Waals surface area contributed by atoms with Crippen LogP contribution < -0.4 is 5.32 Å². The Morgan fingerprint density at radius 2 is 2.19 bits per heavy atom. The van der Waals surface area contributed by atoms with Gasteiger partial charge in [0.1, 0.15) is 6.54 Å². The topological polar surface area (TPSA) is 41.6 Å². The molecule has 1 heterocycles. The van der Waals surface area contributed by atoms with Gasteiger partial charge in [-0.3, -0.25) is 4.79 Å². The van der Waals surface area contributed by atoms with Crippen LogP contribution in [0, 0.1) is 5.92 Å². The Labute approximate surface area is 124 Å². The van der Waals surface area contributed by atoms with Gasteiger partial charge in [0.05, 0.1) is 0 Å². The first-order valence-corrected chi connectivity index (χ1v) is 7.55. The van der Waals surface area contributed by atoms with Gasteiger partial charge in [-0.15, -0.1) is 0 Å². The minimum absolute atomic E-state index is 0.0985. The van der Waals surface area contributed by atoms with Gasteiger partial charge >= 0.3 is 6.18 Å². The first kappa shape index (κ1) is 18.2. The molecule has 1 atom stereocenters. The number of nitrogens with zero attached hydrogens (tertiary/aromatic N) is 1. The van der Waals surface area contributed by atoms with Gasteiger partial charge in [-0.1, -0.05) is 0 Å². The zero-order chi connectivity index (χ0) is 15.7. The Bertz CT molecular complexity index is 305. The predicted molar refractivity (Wildman–Crippen MR) is 74.0 cm³/mol. The van der Waals surface area contributed by atoms with E-state index in [4.69, 9.17) is 4.74 Å². The fraction of sp³-hybridized carbons (Fsp3) is 0.929. The van der Waals surface area contributed by atoms with Crippen LogP contribution >= 0.6 is 0 Å². The molecule has 1 rings (SSSR count). The van der Waals surface area contributed by atoms with E-state index in [1.165, 1.54) is 0 Å². The van der Waals surface area contributed by atoms with Gasteiger partial charge in [0.2, 0.25) is 5.91 Å². The summed E-state index contributed by atoms with van der Waals surface area (Å²) in [4.78, 5) is 12.9. The monoisotopic (exact) mass is 310 g/mol. The van der Waals surface area contributed by atoms with Crippen molar-refractivity contribution in [1.82, 2.24) is 10.2 Å². The SMILES string of the molecule is CCOCCCN(CC(F)(F)F)C(=O)CCC1CCNC1. The molecule has 21 heavy (non-hydrogen) atoms. The van der Waals surface area contributed by atoms with Gasteiger partial charge in [-0.2, -0.15) is 13.2 Å². The van der Waals surface area contributed by atoms with E-state index >= 15 is 0 Å². The highest BCUT2D eigenvalue weighted by Crippen LogP contribution is 2.19. The van der Waals surface area contributed by atoms with Gasteiger partial charge in [0, 0.05) is 26.2 Å². The summed E-state index contributed by atoms with van der Waals surface area (Å²) in [7, 11) is 0. The quantitative estimate of drug-likeness (QED) is 0.664. The highest BCUT2D eigenvalue weighted by molar-refractivity contribution is 5.76. The molecular weight excluding hydrogens is 285 g/mol. The van der Waals surface area contributed by atoms with E-state index in [1.807, 2.05) is 6.92 Å². The first-order valence-electron chi connectivity index (χ1n) is 7.55. The van der Waals surface area contributed by atoms with E-state index in [9.17, 15) is 18.0 Å². The minimum atomic E-state index is -4.35. The summed E-state index contributed by atoms with van der Waals surface area (Å²) in [6, 6.07) is 0. The highest BCUT2D eigenvalue weighted by Gasteiger charge is 2.32. The van der Waals surface area contributed by atoms with Crippen molar-refractivity contribution in [1.29, 1.82) is 0 Å². The zero-order valence-corrected chi connectivity index (χ0v) is 12.5.